The van der Waals surface area contributed by atoms with E-state index in [1.54, 1.807) is 7.11 Å². The number of benzene rings is 2. The van der Waals surface area contributed by atoms with Crippen molar-refractivity contribution in [2.75, 3.05) is 39.8 Å². The Labute approximate surface area is 144 Å². The highest BCUT2D eigenvalue weighted by atomic mass is 16.5. The molecule has 1 heterocycles. The molecule has 0 aromatic heterocycles. The maximum absolute atomic E-state index is 6.00. The van der Waals surface area contributed by atoms with Crippen LogP contribution in [0.5, 0.6) is 11.5 Å². The van der Waals surface area contributed by atoms with Gasteiger partial charge < -0.3 is 19.7 Å². The van der Waals surface area contributed by atoms with Gasteiger partial charge in [-0.15, -0.1) is 0 Å². The highest BCUT2D eigenvalue weighted by Gasteiger charge is 2.13. The van der Waals surface area contributed by atoms with Crippen LogP contribution in [0.2, 0.25) is 0 Å². The third kappa shape index (κ3) is 4.49. The second-order valence-electron chi connectivity index (χ2n) is 6.06. The summed E-state index contributed by atoms with van der Waals surface area (Å²) in [5.41, 5.74) is 2.37. The van der Waals surface area contributed by atoms with Crippen LogP contribution < -0.4 is 14.8 Å². The SMILES string of the molecule is COc1c(CCN2CCNCC2)cccc1OCc1ccccc1. The molecule has 3 rings (SSSR count). The molecule has 0 aliphatic carbocycles. The van der Waals surface area contributed by atoms with Crippen LogP contribution in [0, 0.1) is 0 Å². The van der Waals surface area contributed by atoms with Crippen LogP contribution in [-0.2, 0) is 13.0 Å². The topological polar surface area (TPSA) is 33.7 Å². The summed E-state index contributed by atoms with van der Waals surface area (Å²) in [5.74, 6) is 1.68. The van der Waals surface area contributed by atoms with Crippen molar-refractivity contribution in [1.29, 1.82) is 0 Å². The van der Waals surface area contributed by atoms with Crippen LogP contribution in [0.4, 0.5) is 0 Å². The molecule has 0 amide bonds. The van der Waals surface area contributed by atoms with Gasteiger partial charge in [-0.25, -0.2) is 0 Å². The fourth-order valence-electron chi connectivity index (χ4n) is 3.05. The molecule has 2 aromatic rings. The third-order valence-electron chi connectivity index (χ3n) is 4.41. The molecule has 1 aliphatic rings. The molecule has 0 saturated carbocycles. The molecule has 1 saturated heterocycles. The average molecular weight is 326 g/mol. The van der Waals surface area contributed by atoms with E-state index in [-0.39, 0.29) is 0 Å². The second kappa shape index (κ2) is 8.71. The van der Waals surface area contributed by atoms with Crippen LogP contribution >= 0.6 is 0 Å². The Morgan fingerprint density at radius 2 is 1.79 bits per heavy atom. The normalized spacial score (nSPS) is 15.2. The van der Waals surface area contributed by atoms with E-state index in [0.29, 0.717) is 6.61 Å². The van der Waals surface area contributed by atoms with Crippen molar-refractivity contribution >= 4 is 0 Å². The number of hydrogen-bond donors (Lipinski definition) is 1. The number of nitrogens with zero attached hydrogens (tertiary/aromatic N) is 1. The van der Waals surface area contributed by atoms with Crippen molar-refractivity contribution in [3.05, 3.63) is 59.7 Å². The zero-order valence-corrected chi connectivity index (χ0v) is 14.3. The summed E-state index contributed by atoms with van der Waals surface area (Å²) < 4.78 is 11.6. The van der Waals surface area contributed by atoms with E-state index < -0.39 is 0 Å². The van der Waals surface area contributed by atoms with Gasteiger partial charge in [0.05, 0.1) is 7.11 Å². The van der Waals surface area contributed by atoms with Gasteiger partial charge in [0.25, 0.3) is 0 Å². The minimum absolute atomic E-state index is 0.554. The molecule has 0 radical (unpaired) electrons. The van der Waals surface area contributed by atoms with Crippen molar-refractivity contribution < 1.29 is 9.47 Å². The van der Waals surface area contributed by atoms with Gasteiger partial charge in [-0.05, 0) is 23.6 Å². The summed E-state index contributed by atoms with van der Waals surface area (Å²) in [6, 6.07) is 16.4. The number of nitrogens with one attached hydrogen (secondary N) is 1. The fraction of sp³-hybridized carbons (Fsp3) is 0.400. The van der Waals surface area contributed by atoms with Crippen LogP contribution in [0.25, 0.3) is 0 Å². The van der Waals surface area contributed by atoms with Crippen LogP contribution in [0.3, 0.4) is 0 Å². The molecular weight excluding hydrogens is 300 g/mol. The molecule has 4 nitrogen and oxygen atoms in total. The first kappa shape index (κ1) is 16.8. The molecule has 2 aromatic carbocycles. The summed E-state index contributed by atoms with van der Waals surface area (Å²) in [6.45, 7) is 6.01. The smallest absolute Gasteiger partial charge is 0.163 e. The summed E-state index contributed by atoms with van der Waals surface area (Å²) in [4.78, 5) is 2.49. The largest absolute Gasteiger partial charge is 0.493 e. The first-order valence-electron chi connectivity index (χ1n) is 8.62. The van der Waals surface area contributed by atoms with E-state index in [1.807, 2.05) is 24.3 Å². The molecule has 0 atom stereocenters. The summed E-state index contributed by atoms with van der Waals surface area (Å²) in [6.07, 6.45) is 0.978. The Balaban J connectivity index is 1.64. The van der Waals surface area contributed by atoms with Crippen LogP contribution in [-0.4, -0.2) is 44.7 Å². The fourth-order valence-corrected chi connectivity index (χ4v) is 3.05. The lowest BCUT2D eigenvalue weighted by molar-refractivity contribution is 0.242. The molecule has 1 fully saturated rings. The van der Waals surface area contributed by atoms with Gasteiger partial charge in [0.2, 0.25) is 0 Å². The lowest BCUT2D eigenvalue weighted by Crippen LogP contribution is -2.44. The maximum Gasteiger partial charge on any atom is 0.163 e. The van der Waals surface area contributed by atoms with Gasteiger partial charge in [0, 0.05) is 32.7 Å². The van der Waals surface area contributed by atoms with E-state index in [0.717, 1.165) is 56.2 Å². The molecule has 24 heavy (non-hydrogen) atoms. The minimum atomic E-state index is 0.554. The Morgan fingerprint density at radius 3 is 2.54 bits per heavy atom. The Morgan fingerprint density at radius 1 is 1.00 bits per heavy atom. The molecular formula is C20H26N2O2. The molecule has 128 valence electrons. The summed E-state index contributed by atoms with van der Waals surface area (Å²) in [5, 5.41) is 3.39. The molecule has 0 spiro atoms. The Hall–Kier alpha value is -2.04. The monoisotopic (exact) mass is 326 g/mol. The number of hydrogen-bond acceptors (Lipinski definition) is 4. The lowest BCUT2D eigenvalue weighted by atomic mass is 10.1. The average Bonchev–Trinajstić information content (AvgIpc) is 2.66. The molecule has 0 unspecified atom stereocenters. The van der Waals surface area contributed by atoms with Gasteiger partial charge in [0.15, 0.2) is 11.5 Å². The highest BCUT2D eigenvalue weighted by Crippen LogP contribution is 2.32. The minimum Gasteiger partial charge on any atom is -0.493 e. The Kier molecular flexibility index (Phi) is 6.10. The molecule has 0 bridgehead atoms. The van der Waals surface area contributed by atoms with Crippen molar-refractivity contribution in [3.63, 3.8) is 0 Å². The van der Waals surface area contributed by atoms with Gasteiger partial charge in [-0.1, -0.05) is 42.5 Å². The standard InChI is InChI=1S/C20H26N2O2/c1-23-20-18(10-13-22-14-11-21-12-15-22)8-5-9-19(20)24-16-17-6-3-2-4-7-17/h2-9,21H,10-16H2,1H3. The Bertz CT molecular complexity index is 625. The first-order chi connectivity index (χ1) is 11.9. The van der Waals surface area contributed by atoms with Crippen molar-refractivity contribution in [2.24, 2.45) is 0 Å². The van der Waals surface area contributed by atoms with Crippen LogP contribution in [0.1, 0.15) is 11.1 Å². The van der Waals surface area contributed by atoms with Crippen molar-refractivity contribution in [2.45, 2.75) is 13.0 Å². The predicted octanol–water partition coefficient (Wildman–Crippen LogP) is 2.72. The molecule has 1 N–H and O–H groups in total. The van der Waals surface area contributed by atoms with E-state index in [9.17, 15) is 0 Å². The quantitative estimate of drug-likeness (QED) is 0.848. The summed E-state index contributed by atoms with van der Waals surface area (Å²) >= 11 is 0. The van der Waals surface area contributed by atoms with Crippen LogP contribution in [0.15, 0.2) is 48.5 Å². The number of ether oxygens (including phenoxy) is 2. The third-order valence-corrected chi connectivity index (χ3v) is 4.41. The number of rotatable bonds is 7. The van der Waals surface area contributed by atoms with Crippen molar-refractivity contribution in [3.8, 4) is 11.5 Å². The predicted molar refractivity (Wildman–Crippen MR) is 96.8 cm³/mol. The van der Waals surface area contributed by atoms with Crippen molar-refractivity contribution in [1.82, 2.24) is 10.2 Å². The van der Waals surface area contributed by atoms with E-state index >= 15 is 0 Å². The maximum atomic E-state index is 6.00. The number of methoxy groups -OCH3 is 1. The zero-order valence-electron chi connectivity index (χ0n) is 14.3. The van der Waals surface area contributed by atoms with E-state index in [1.165, 1.54) is 5.56 Å². The molecule has 4 heteroatoms. The van der Waals surface area contributed by atoms with Gasteiger partial charge in [-0.3, -0.25) is 0 Å². The van der Waals surface area contributed by atoms with Gasteiger partial charge in [0.1, 0.15) is 6.61 Å². The van der Waals surface area contributed by atoms with Gasteiger partial charge >= 0.3 is 0 Å². The zero-order chi connectivity index (χ0) is 16.6. The molecule has 1 aliphatic heterocycles. The van der Waals surface area contributed by atoms with E-state index in [4.69, 9.17) is 9.47 Å². The number of piperazine rings is 1. The first-order valence-corrected chi connectivity index (χ1v) is 8.62. The highest BCUT2D eigenvalue weighted by molar-refractivity contribution is 5.46. The second-order valence-corrected chi connectivity index (χ2v) is 6.06. The number of para-hydroxylation sites is 1. The van der Waals surface area contributed by atoms with E-state index in [2.05, 4.69) is 34.5 Å². The van der Waals surface area contributed by atoms with Gasteiger partial charge in [-0.2, -0.15) is 0 Å². The summed E-state index contributed by atoms with van der Waals surface area (Å²) in [7, 11) is 1.72. The lowest BCUT2D eigenvalue weighted by Gasteiger charge is -2.27.